The lowest BCUT2D eigenvalue weighted by Crippen LogP contribution is -3.12. The number of anilines is 1. The van der Waals surface area contributed by atoms with Crippen LogP contribution in [0.3, 0.4) is 0 Å². The van der Waals surface area contributed by atoms with Crippen LogP contribution in [-0.4, -0.2) is 31.0 Å². The maximum Gasteiger partial charge on any atom is 0.282 e. The van der Waals surface area contributed by atoms with Crippen LogP contribution >= 0.6 is 0 Å². The molecule has 0 aliphatic carbocycles. The molecule has 0 fully saturated rings. The molecule has 0 aromatic heterocycles. The Morgan fingerprint density at radius 3 is 2.69 bits per heavy atom. The number of likely N-dealkylation sites (N-methyl/N-ethyl adjacent to an activating group) is 1. The van der Waals surface area contributed by atoms with Crippen molar-refractivity contribution in [3.8, 4) is 5.75 Å². The number of nitrogens with zero attached hydrogens (tertiary/aromatic N) is 1. The zero-order valence-corrected chi connectivity index (χ0v) is 14.8. The van der Waals surface area contributed by atoms with Crippen LogP contribution in [-0.2, 0) is 11.3 Å². The Bertz CT molecular complexity index is 813. The summed E-state index contributed by atoms with van der Waals surface area (Å²) in [6, 6.07) is 9.73. The first kappa shape index (κ1) is 19.3. The second-order valence-electron chi connectivity index (χ2n) is 6.01. The van der Waals surface area contributed by atoms with Crippen LogP contribution in [0.4, 0.5) is 15.8 Å². The average Bonchev–Trinajstić information content (AvgIpc) is 2.60. The molecule has 0 spiro atoms. The fourth-order valence-electron chi connectivity index (χ4n) is 2.49. The van der Waals surface area contributed by atoms with Gasteiger partial charge < -0.3 is 15.0 Å². The Morgan fingerprint density at radius 2 is 2.08 bits per heavy atom. The number of carbonyl (C=O) groups excluding carboxylic acids is 1. The average molecular weight is 362 g/mol. The number of methoxy groups -OCH3 is 1. The SMILES string of the molecule is COc1ccc([N+](=O)[O-])cc1NC(=O)[C@H](C)[NH+](C)Cc1cccc(F)c1. The molecule has 138 valence electrons. The molecule has 7 nitrogen and oxygen atoms in total. The summed E-state index contributed by atoms with van der Waals surface area (Å²) in [5.74, 6) is -0.314. The third-order valence-electron chi connectivity index (χ3n) is 4.16. The quantitative estimate of drug-likeness (QED) is 0.581. The molecule has 0 heterocycles. The highest BCUT2D eigenvalue weighted by Gasteiger charge is 2.24. The summed E-state index contributed by atoms with van der Waals surface area (Å²) in [6.07, 6.45) is 0. The van der Waals surface area contributed by atoms with Gasteiger partial charge in [0, 0.05) is 17.7 Å². The molecule has 2 aromatic rings. The van der Waals surface area contributed by atoms with E-state index in [9.17, 15) is 19.3 Å². The molecule has 2 atom stereocenters. The van der Waals surface area contributed by atoms with Gasteiger partial charge in [-0.2, -0.15) is 0 Å². The lowest BCUT2D eigenvalue weighted by molar-refractivity contribution is -0.907. The van der Waals surface area contributed by atoms with Crippen molar-refractivity contribution in [3.63, 3.8) is 0 Å². The van der Waals surface area contributed by atoms with Gasteiger partial charge in [-0.3, -0.25) is 14.9 Å². The molecule has 0 saturated heterocycles. The van der Waals surface area contributed by atoms with E-state index >= 15 is 0 Å². The number of carbonyl (C=O) groups is 1. The zero-order valence-electron chi connectivity index (χ0n) is 14.8. The number of hydrogen-bond donors (Lipinski definition) is 2. The van der Waals surface area contributed by atoms with Crippen molar-refractivity contribution in [2.45, 2.75) is 19.5 Å². The van der Waals surface area contributed by atoms with Crippen molar-refractivity contribution < 1.29 is 23.7 Å². The Kier molecular flexibility index (Phi) is 6.24. The van der Waals surface area contributed by atoms with Crippen LogP contribution < -0.4 is 15.0 Å². The molecule has 0 radical (unpaired) electrons. The number of nitrogens with one attached hydrogen (secondary N) is 2. The summed E-state index contributed by atoms with van der Waals surface area (Å²) >= 11 is 0. The van der Waals surface area contributed by atoms with E-state index in [0.29, 0.717) is 12.3 Å². The predicted octanol–water partition coefficient (Wildman–Crippen LogP) is 1.78. The first-order valence-electron chi connectivity index (χ1n) is 8.02. The van der Waals surface area contributed by atoms with Crippen LogP contribution in [0, 0.1) is 15.9 Å². The molecule has 8 heteroatoms. The van der Waals surface area contributed by atoms with Gasteiger partial charge in [0.2, 0.25) is 0 Å². The third kappa shape index (κ3) is 4.76. The zero-order chi connectivity index (χ0) is 19.3. The minimum Gasteiger partial charge on any atom is -0.495 e. The van der Waals surface area contributed by atoms with Crippen LogP contribution in [0.15, 0.2) is 42.5 Å². The smallest absolute Gasteiger partial charge is 0.282 e. The summed E-state index contributed by atoms with van der Waals surface area (Å²) in [4.78, 5) is 23.8. The Balaban J connectivity index is 2.10. The topological polar surface area (TPSA) is 85.9 Å². The number of nitro benzene ring substituents is 1. The van der Waals surface area contributed by atoms with Gasteiger partial charge in [0.1, 0.15) is 18.1 Å². The molecule has 0 saturated carbocycles. The second kappa shape index (κ2) is 8.39. The number of benzene rings is 2. The summed E-state index contributed by atoms with van der Waals surface area (Å²) in [5.41, 5.74) is 0.862. The predicted molar refractivity (Wildman–Crippen MR) is 94.7 cm³/mol. The molecule has 26 heavy (non-hydrogen) atoms. The van der Waals surface area contributed by atoms with Crippen molar-refractivity contribution in [1.29, 1.82) is 0 Å². The Hall–Kier alpha value is -3.00. The standard InChI is InChI=1S/C18H20FN3O4/c1-12(21(2)11-13-5-4-6-14(19)9-13)18(23)20-16-10-15(22(24)25)7-8-17(16)26-3/h4-10,12H,11H2,1-3H3,(H,20,23)/p+1/t12-/m0/s1. The third-order valence-corrected chi connectivity index (χ3v) is 4.16. The van der Waals surface area contributed by atoms with Gasteiger partial charge in [-0.25, -0.2) is 4.39 Å². The monoisotopic (exact) mass is 362 g/mol. The van der Waals surface area contributed by atoms with E-state index in [-0.39, 0.29) is 23.1 Å². The fraction of sp³-hybridized carbons (Fsp3) is 0.278. The number of quaternary nitrogens is 1. The maximum absolute atomic E-state index is 13.3. The molecule has 2 rings (SSSR count). The molecular formula is C18H21FN3O4+. The molecule has 0 aliphatic heterocycles. The number of amides is 1. The maximum atomic E-state index is 13.3. The van der Waals surface area contributed by atoms with Crippen molar-refractivity contribution in [3.05, 3.63) is 64.0 Å². The summed E-state index contributed by atoms with van der Waals surface area (Å²) in [5, 5.41) is 13.6. The summed E-state index contributed by atoms with van der Waals surface area (Å²) in [6.45, 7) is 2.19. The van der Waals surface area contributed by atoms with Gasteiger partial charge in [0.15, 0.2) is 6.04 Å². The normalized spacial score (nSPS) is 12.9. The van der Waals surface area contributed by atoms with Crippen molar-refractivity contribution in [1.82, 2.24) is 0 Å². The highest BCUT2D eigenvalue weighted by molar-refractivity contribution is 5.95. The van der Waals surface area contributed by atoms with Crippen LogP contribution in [0.2, 0.25) is 0 Å². The van der Waals surface area contributed by atoms with Gasteiger partial charge in [-0.15, -0.1) is 0 Å². The second-order valence-corrected chi connectivity index (χ2v) is 6.01. The number of hydrogen-bond acceptors (Lipinski definition) is 4. The molecule has 0 bridgehead atoms. The van der Waals surface area contributed by atoms with Gasteiger partial charge in [-0.1, -0.05) is 12.1 Å². The molecule has 1 amide bonds. The number of rotatable bonds is 7. The number of halogens is 1. The van der Waals surface area contributed by atoms with E-state index in [0.717, 1.165) is 10.5 Å². The Morgan fingerprint density at radius 1 is 1.35 bits per heavy atom. The van der Waals surface area contributed by atoms with Crippen LogP contribution in [0.5, 0.6) is 5.75 Å². The minimum absolute atomic E-state index is 0.144. The van der Waals surface area contributed by atoms with Gasteiger partial charge >= 0.3 is 0 Å². The Labute approximate surface area is 150 Å². The lowest BCUT2D eigenvalue weighted by Gasteiger charge is -2.21. The van der Waals surface area contributed by atoms with Crippen molar-refractivity contribution in [2.75, 3.05) is 19.5 Å². The van der Waals surface area contributed by atoms with Crippen molar-refractivity contribution in [2.24, 2.45) is 0 Å². The van der Waals surface area contributed by atoms with E-state index < -0.39 is 11.0 Å². The van der Waals surface area contributed by atoms with Gasteiger partial charge in [0.25, 0.3) is 11.6 Å². The lowest BCUT2D eigenvalue weighted by atomic mass is 10.1. The molecule has 1 unspecified atom stereocenters. The fourth-order valence-corrected chi connectivity index (χ4v) is 2.49. The van der Waals surface area contributed by atoms with Crippen molar-refractivity contribution >= 4 is 17.3 Å². The van der Waals surface area contributed by atoms with Gasteiger partial charge in [0.05, 0.1) is 24.8 Å². The molecule has 0 aliphatic rings. The van der Waals surface area contributed by atoms with E-state index in [4.69, 9.17) is 4.74 Å². The first-order chi connectivity index (χ1) is 12.3. The number of non-ortho nitro benzene ring substituents is 1. The number of ether oxygens (including phenoxy) is 1. The minimum atomic E-state index is -0.542. The van der Waals surface area contributed by atoms with Gasteiger partial charge in [-0.05, 0) is 25.1 Å². The van der Waals surface area contributed by atoms with Crippen LogP contribution in [0.25, 0.3) is 0 Å². The van der Waals surface area contributed by atoms with E-state index in [2.05, 4.69) is 5.32 Å². The highest BCUT2D eigenvalue weighted by atomic mass is 19.1. The summed E-state index contributed by atoms with van der Waals surface area (Å²) < 4.78 is 18.4. The van der Waals surface area contributed by atoms with E-state index in [1.807, 2.05) is 7.05 Å². The first-order valence-corrected chi connectivity index (χ1v) is 8.02. The highest BCUT2D eigenvalue weighted by Crippen LogP contribution is 2.28. The largest absolute Gasteiger partial charge is 0.495 e. The molecule has 2 aromatic carbocycles. The van der Waals surface area contributed by atoms with Crippen LogP contribution in [0.1, 0.15) is 12.5 Å². The van der Waals surface area contributed by atoms with E-state index in [1.54, 1.807) is 19.1 Å². The van der Waals surface area contributed by atoms with E-state index in [1.165, 1.54) is 37.4 Å². The summed E-state index contributed by atoms with van der Waals surface area (Å²) in [7, 11) is 3.24. The molecule has 2 N–H and O–H groups in total. The number of nitro groups is 1. The molecular weight excluding hydrogens is 341 g/mol.